The number of hydrogen-bond acceptors (Lipinski definition) is 4. The summed E-state index contributed by atoms with van der Waals surface area (Å²) >= 11 is 1.19. The standard InChI is InChI=1S/C11H6FN3OS/c12-8-4-2-1-3-7(8)5-9-10(16)15-11(17-9)13-6-14-15/h1-6H/b9-5-. The fourth-order valence-electron chi connectivity index (χ4n) is 1.51. The number of aromatic nitrogens is 3. The molecule has 0 radical (unpaired) electrons. The van der Waals surface area contributed by atoms with Gasteiger partial charge in [0, 0.05) is 5.56 Å². The summed E-state index contributed by atoms with van der Waals surface area (Å²) < 4.78 is 15.0. The molecule has 2 heterocycles. The monoisotopic (exact) mass is 247 g/mol. The van der Waals surface area contributed by atoms with Crippen LogP contribution in [0.25, 0.3) is 11.0 Å². The Bertz CT molecular complexity index is 793. The average molecular weight is 247 g/mol. The van der Waals surface area contributed by atoms with Gasteiger partial charge >= 0.3 is 0 Å². The Labute approximate surface area is 98.7 Å². The molecular weight excluding hydrogens is 241 g/mol. The Morgan fingerprint density at radius 1 is 1.35 bits per heavy atom. The fraction of sp³-hybridized carbons (Fsp3) is 0. The Morgan fingerprint density at radius 3 is 2.94 bits per heavy atom. The third-order valence-corrected chi connectivity index (χ3v) is 3.29. The summed E-state index contributed by atoms with van der Waals surface area (Å²) in [6.07, 6.45) is 2.83. The highest BCUT2D eigenvalue weighted by molar-refractivity contribution is 7.15. The second-order valence-corrected chi connectivity index (χ2v) is 4.40. The Kier molecular flexibility index (Phi) is 2.22. The van der Waals surface area contributed by atoms with Crippen molar-refractivity contribution in [2.45, 2.75) is 0 Å². The van der Waals surface area contributed by atoms with E-state index in [1.807, 2.05) is 0 Å². The van der Waals surface area contributed by atoms with E-state index in [4.69, 9.17) is 0 Å². The molecule has 0 saturated heterocycles. The van der Waals surface area contributed by atoms with E-state index >= 15 is 0 Å². The molecule has 17 heavy (non-hydrogen) atoms. The molecule has 84 valence electrons. The summed E-state index contributed by atoms with van der Waals surface area (Å²) in [6.45, 7) is 0. The van der Waals surface area contributed by atoms with Crippen molar-refractivity contribution >= 4 is 22.4 Å². The lowest BCUT2D eigenvalue weighted by atomic mass is 10.2. The van der Waals surface area contributed by atoms with Crippen LogP contribution in [0.3, 0.4) is 0 Å². The molecule has 0 atom stereocenters. The summed E-state index contributed by atoms with van der Waals surface area (Å²) in [5.74, 6) is -0.356. The van der Waals surface area contributed by atoms with E-state index < -0.39 is 0 Å². The van der Waals surface area contributed by atoms with E-state index in [0.29, 0.717) is 15.1 Å². The van der Waals surface area contributed by atoms with Crippen molar-refractivity contribution in [1.82, 2.24) is 14.6 Å². The molecule has 1 aromatic carbocycles. The van der Waals surface area contributed by atoms with E-state index in [2.05, 4.69) is 10.1 Å². The lowest BCUT2D eigenvalue weighted by Gasteiger charge is -1.92. The van der Waals surface area contributed by atoms with Crippen molar-refractivity contribution in [2.24, 2.45) is 0 Å². The lowest BCUT2D eigenvalue weighted by Crippen LogP contribution is -2.23. The zero-order valence-corrected chi connectivity index (χ0v) is 9.32. The summed E-state index contributed by atoms with van der Waals surface area (Å²) in [5, 5.41) is 3.79. The minimum Gasteiger partial charge on any atom is -0.266 e. The molecule has 0 spiro atoms. The molecule has 6 heteroatoms. The van der Waals surface area contributed by atoms with Crippen molar-refractivity contribution in [1.29, 1.82) is 0 Å². The summed E-state index contributed by atoms with van der Waals surface area (Å²) in [5.41, 5.74) is 0.111. The molecule has 3 aromatic rings. The highest BCUT2D eigenvalue weighted by atomic mass is 32.1. The van der Waals surface area contributed by atoms with Gasteiger partial charge in [0.15, 0.2) is 0 Å². The molecule has 0 aliphatic carbocycles. The molecule has 3 rings (SSSR count). The predicted octanol–water partition coefficient (Wildman–Crippen LogP) is 0.838. The van der Waals surface area contributed by atoms with E-state index in [0.717, 1.165) is 0 Å². The number of nitrogens with zero attached hydrogens (tertiary/aromatic N) is 3. The Hall–Kier alpha value is -2.08. The van der Waals surface area contributed by atoms with Gasteiger partial charge in [0.25, 0.3) is 5.56 Å². The van der Waals surface area contributed by atoms with Crippen LogP contribution in [0.4, 0.5) is 4.39 Å². The number of fused-ring (bicyclic) bond motifs is 1. The van der Waals surface area contributed by atoms with E-state index in [-0.39, 0.29) is 11.4 Å². The molecule has 0 unspecified atom stereocenters. The molecule has 0 aliphatic rings. The Balaban J connectivity index is 2.28. The van der Waals surface area contributed by atoms with Crippen molar-refractivity contribution in [3.8, 4) is 0 Å². The maximum atomic E-state index is 13.4. The maximum absolute atomic E-state index is 13.4. The van der Waals surface area contributed by atoms with Gasteiger partial charge in [0.2, 0.25) is 4.96 Å². The van der Waals surface area contributed by atoms with E-state index in [1.54, 1.807) is 18.2 Å². The van der Waals surface area contributed by atoms with Crippen LogP contribution in [-0.2, 0) is 0 Å². The van der Waals surface area contributed by atoms with Gasteiger partial charge in [-0.25, -0.2) is 9.37 Å². The molecule has 0 N–H and O–H groups in total. The quantitative estimate of drug-likeness (QED) is 0.640. The van der Waals surface area contributed by atoms with Gasteiger partial charge in [0.1, 0.15) is 12.1 Å². The maximum Gasteiger partial charge on any atom is 0.291 e. The van der Waals surface area contributed by atoms with Gasteiger partial charge in [-0.05, 0) is 12.1 Å². The van der Waals surface area contributed by atoms with E-state index in [9.17, 15) is 9.18 Å². The molecule has 0 fully saturated rings. The van der Waals surface area contributed by atoms with E-state index in [1.165, 1.54) is 34.3 Å². The SMILES string of the molecule is O=c1/c(=C/c2ccccc2F)sc2ncnn12. The first-order valence-corrected chi connectivity index (χ1v) is 5.66. The number of halogens is 1. The fourth-order valence-corrected chi connectivity index (χ4v) is 2.38. The van der Waals surface area contributed by atoms with Crippen LogP contribution in [0.1, 0.15) is 5.56 Å². The minimum atomic E-state index is -0.356. The largest absolute Gasteiger partial charge is 0.291 e. The first-order chi connectivity index (χ1) is 8.25. The summed E-state index contributed by atoms with van der Waals surface area (Å²) in [4.78, 5) is 16.3. The van der Waals surface area contributed by atoms with Crippen molar-refractivity contribution in [2.75, 3.05) is 0 Å². The van der Waals surface area contributed by atoms with Gasteiger partial charge in [-0.15, -0.1) is 0 Å². The molecule has 0 saturated carbocycles. The molecular formula is C11H6FN3OS. The van der Waals surface area contributed by atoms with Crippen LogP contribution in [0.2, 0.25) is 0 Å². The molecule has 0 bridgehead atoms. The second kappa shape index (κ2) is 3.74. The molecule has 4 nitrogen and oxygen atoms in total. The van der Waals surface area contributed by atoms with Crippen LogP contribution in [0.5, 0.6) is 0 Å². The first-order valence-electron chi connectivity index (χ1n) is 4.84. The van der Waals surface area contributed by atoms with Crippen LogP contribution >= 0.6 is 11.3 Å². The third kappa shape index (κ3) is 1.62. The summed E-state index contributed by atoms with van der Waals surface area (Å²) in [6, 6.07) is 6.29. The topological polar surface area (TPSA) is 47.3 Å². The normalized spacial score (nSPS) is 12.4. The Morgan fingerprint density at radius 2 is 2.18 bits per heavy atom. The summed E-state index contributed by atoms with van der Waals surface area (Å²) in [7, 11) is 0. The number of benzene rings is 1. The lowest BCUT2D eigenvalue weighted by molar-refractivity contribution is 0.625. The van der Waals surface area contributed by atoms with Gasteiger partial charge < -0.3 is 0 Å². The number of rotatable bonds is 1. The van der Waals surface area contributed by atoms with Crippen molar-refractivity contribution in [3.05, 3.63) is 56.9 Å². The smallest absolute Gasteiger partial charge is 0.266 e. The first kappa shape index (κ1) is 10.1. The highest BCUT2D eigenvalue weighted by Crippen LogP contribution is 2.07. The molecule has 2 aromatic heterocycles. The zero-order chi connectivity index (χ0) is 11.8. The predicted molar refractivity (Wildman–Crippen MR) is 62.3 cm³/mol. The zero-order valence-electron chi connectivity index (χ0n) is 8.50. The minimum absolute atomic E-state index is 0.272. The van der Waals surface area contributed by atoms with Gasteiger partial charge in [-0.2, -0.15) is 9.61 Å². The number of hydrogen-bond donors (Lipinski definition) is 0. The van der Waals surface area contributed by atoms with Crippen LogP contribution < -0.4 is 10.1 Å². The van der Waals surface area contributed by atoms with Gasteiger partial charge in [-0.3, -0.25) is 4.79 Å². The van der Waals surface area contributed by atoms with Crippen LogP contribution in [-0.4, -0.2) is 14.6 Å². The molecule has 0 amide bonds. The average Bonchev–Trinajstić information content (AvgIpc) is 2.87. The van der Waals surface area contributed by atoms with Crippen molar-refractivity contribution in [3.63, 3.8) is 0 Å². The van der Waals surface area contributed by atoms with Crippen LogP contribution in [0, 0.1) is 5.82 Å². The van der Waals surface area contributed by atoms with Gasteiger partial charge in [-0.1, -0.05) is 29.5 Å². The van der Waals surface area contributed by atoms with Gasteiger partial charge in [0.05, 0.1) is 4.53 Å². The third-order valence-electron chi connectivity index (χ3n) is 2.31. The molecule has 0 aliphatic heterocycles. The second-order valence-electron chi connectivity index (χ2n) is 3.39. The van der Waals surface area contributed by atoms with Crippen molar-refractivity contribution < 1.29 is 4.39 Å². The highest BCUT2D eigenvalue weighted by Gasteiger charge is 2.05. The number of thiazole rings is 1. The van der Waals surface area contributed by atoms with Crippen LogP contribution in [0.15, 0.2) is 35.4 Å².